The van der Waals surface area contributed by atoms with Gasteiger partial charge in [-0.1, -0.05) is 42.9 Å². The molecule has 0 radical (unpaired) electrons. The van der Waals surface area contributed by atoms with E-state index >= 15 is 0 Å². The first-order valence-corrected chi connectivity index (χ1v) is 3.93. The lowest BCUT2D eigenvalue weighted by atomic mass is 10.3. The quantitative estimate of drug-likeness (QED) is 0.634. The Kier molecular flexibility index (Phi) is 5.61. The highest BCUT2D eigenvalue weighted by Gasteiger charge is 1.97. The van der Waals surface area contributed by atoms with Gasteiger partial charge in [0, 0.05) is 0 Å². The molecule has 0 amide bonds. The fourth-order valence-electron chi connectivity index (χ4n) is 0.549. The molecule has 3 nitrogen and oxygen atoms in total. The van der Waals surface area contributed by atoms with Crippen LogP contribution in [0.5, 0.6) is 0 Å². The van der Waals surface area contributed by atoms with E-state index < -0.39 is 0 Å². The summed E-state index contributed by atoms with van der Waals surface area (Å²) in [5, 5.41) is 7.23. The van der Waals surface area contributed by atoms with Crippen LogP contribution in [0.2, 0.25) is 0 Å². The van der Waals surface area contributed by atoms with E-state index in [1.807, 2.05) is 20.8 Å². The Hall–Kier alpha value is -1.38. The summed E-state index contributed by atoms with van der Waals surface area (Å²) < 4.78 is 4.46. The zero-order chi connectivity index (χ0) is 9.40. The maximum atomic E-state index is 4.46. The lowest BCUT2D eigenvalue weighted by molar-refractivity contribution is 0.304. The van der Waals surface area contributed by atoms with Crippen LogP contribution < -0.4 is 0 Å². The van der Waals surface area contributed by atoms with Crippen molar-refractivity contribution < 1.29 is 4.63 Å². The average Bonchev–Trinajstić information content (AvgIpc) is 2.51. The van der Waals surface area contributed by atoms with Gasteiger partial charge in [0.2, 0.25) is 0 Å². The summed E-state index contributed by atoms with van der Waals surface area (Å²) in [7, 11) is 0. The van der Waals surface area contributed by atoms with E-state index in [-0.39, 0.29) is 0 Å². The highest BCUT2D eigenvalue weighted by molar-refractivity contribution is 5.47. The molecule has 12 heavy (non-hydrogen) atoms. The van der Waals surface area contributed by atoms with Crippen LogP contribution in [0, 0.1) is 6.92 Å². The van der Waals surface area contributed by atoms with Gasteiger partial charge in [-0.05, 0) is 13.0 Å². The Balaban J connectivity index is 0.000000561. The van der Waals surface area contributed by atoms with E-state index in [9.17, 15) is 0 Å². The second-order valence-electron chi connectivity index (χ2n) is 1.83. The smallest absolute Gasteiger partial charge is 0.130 e. The molecule has 0 unspecified atom stereocenters. The minimum atomic E-state index is 0.750. The molecule has 0 aliphatic heterocycles. The fraction of sp³-hybridized carbons (Fsp3) is 0.333. The summed E-state index contributed by atoms with van der Waals surface area (Å²) in [6, 6.07) is 0. The molecule has 1 rings (SSSR count). The van der Waals surface area contributed by atoms with Crippen LogP contribution in [0.15, 0.2) is 23.4 Å². The third kappa shape index (κ3) is 3.14. The first-order chi connectivity index (χ1) is 5.84. The SMILES string of the molecule is C=C/C=C\c1nonc1C.CC. The van der Waals surface area contributed by atoms with Crippen molar-refractivity contribution in [3.05, 3.63) is 30.1 Å². The zero-order valence-corrected chi connectivity index (χ0v) is 7.74. The van der Waals surface area contributed by atoms with E-state index in [1.165, 1.54) is 0 Å². The summed E-state index contributed by atoms with van der Waals surface area (Å²) in [5.74, 6) is 0. The number of allylic oxidation sites excluding steroid dienone is 2. The first kappa shape index (κ1) is 10.6. The predicted molar refractivity (Wildman–Crippen MR) is 49.6 cm³/mol. The highest BCUT2D eigenvalue weighted by atomic mass is 16.6. The molecule has 0 aromatic carbocycles. The second kappa shape index (κ2) is 6.34. The Morgan fingerprint density at radius 1 is 1.33 bits per heavy atom. The van der Waals surface area contributed by atoms with Gasteiger partial charge < -0.3 is 0 Å². The molecular formula is C9H14N2O. The van der Waals surface area contributed by atoms with Gasteiger partial charge in [-0.3, -0.25) is 0 Å². The van der Waals surface area contributed by atoms with Crippen LogP contribution in [0.4, 0.5) is 0 Å². The molecule has 0 bridgehead atoms. The van der Waals surface area contributed by atoms with Gasteiger partial charge in [-0.2, -0.15) is 0 Å². The molecule has 3 heteroatoms. The lowest BCUT2D eigenvalue weighted by Crippen LogP contribution is -1.74. The Morgan fingerprint density at radius 2 is 2.00 bits per heavy atom. The molecule has 0 atom stereocenters. The van der Waals surface area contributed by atoms with Crippen LogP contribution in [0.1, 0.15) is 25.2 Å². The van der Waals surface area contributed by atoms with Crippen LogP contribution in [0.3, 0.4) is 0 Å². The maximum Gasteiger partial charge on any atom is 0.130 e. The second-order valence-corrected chi connectivity index (χ2v) is 1.83. The van der Waals surface area contributed by atoms with Crippen molar-refractivity contribution in [1.82, 2.24) is 10.3 Å². The van der Waals surface area contributed by atoms with Crippen molar-refractivity contribution in [2.45, 2.75) is 20.8 Å². The summed E-state index contributed by atoms with van der Waals surface area (Å²) in [6.45, 7) is 9.36. The monoisotopic (exact) mass is 166 g/mol. The summed E-state index contributed by atoms with van der Waals surface area (Å²) in [4.78, 5) is 0. The van der Waals surface area contributed by atoms with E-state index in [1.54, 1.807) is 18.2 Å². The van der Waals surface area contributed by atoms with E-state index in [2.05, 4.69) is 21.5 Å². The van der Waals surface area contributed by atoms with Gasteiger partial charge in [0.15, 0.2) is 0 Å². The normalized spacial score (nSPS) is 9.25. The van der Waals surface area contributed by atoms with Crippen molar-refractivity contribution >= 4 is 6.08 Å². The van der Waals surface area contributed by atoms with Crippen LogP contribution in [-0.4, -0.2) is 10.3 Å². The molecule has 1 heterocycles. The molecule has 0 fully saturated rings. The van der Waals surface area contributed by atoms with Crippen molar-refractivity contribution in [3.8, 4) is 0 Å². The molecule has 0 aliphatic carbocycles. The third-order valence-corrected chi connectivity index (χ3v) is 1.08. The number of nitrogens with zero attached hydrogens (tertiary/aromatic N) is 2. The Labute approximate surface area is 72.7 Å². The molecule has 0 aliphatic rings. The Bertz CT molecular complexity index is 251. The standard InChI is InChI=1S/C7H8N2O.C2H6/c1-3-4-5-7-6(2)8-10-9-7;1-2/h3-5H,1H2,2H3;1-2H3/b5-4-;. The average molecular weight is 166 g/mol. The minimum absolute atomic E-state index is 0.750. The Morgan fingerprint density at radius 3 is 2.42 bits per heavy atom. The molecule has 66 valence electrons. The number of aryl methyl sites for hydroxylation is 1. The van der Waals surface area contributed by atoms with Crippen molar-refractivity contribution in [1.29, 1.82) is 0 Å². The summed E-state index contributed by atoms with van der Waals surface area (Å²) >= 11 is 0. The number of aromatic nitrogens is 2. The molecular weight excluding hydrogens is 152 g/mol. The summed E-state index contributed by atoms with van der Waals surface area (Å²) in [6.07, 6.45) is 5.25. The number of rotatable bonds is 2. The van der Waals surface area contributed by atoms with Gasteiger partial charge >= 0.3 is 0 Å². The maximum absolute atomic E-state index is 4.46. The molecule has 0 N–H and O–H groups in total. The largest absolute Gasteiger partial charge is 0.244 e. The number of hydrogen-bond acceptors (Lipinski definition) is 3. The van der Waals surface area contributed by atoms with Crippen molar-refractivity contribution in [2.24, 2.45) is 0 Å². The predicted octanol–water partition coefficient (Wildman–Crippen LogP) is 2.60. The van der Waals surface area contributed by atoms with Gasteiger partial charge in [0.25, 0.3) is 0 Å². The van der Waals surface area contributed by atoms with Crippen LogP contribution in [0.25, 0.3) is 6.08 Å². The van der Waals surface area contributed by atoms with Gasteiger partial charge in [0.05, 0.1) is 0 Å². The van der Waals surface area contributed by atoms with Gasteiger partial charge in [-0.15, -0.1) is 0 Å². The molecule has 0 saturated heterocycles. The molecule has 0 spiro atoms. The number of hydrogen-bond donors (Lipinski definition) is 0. The van der Waals surface area contributed by atoms with Gasteiger partial charge in [-0.25, -0.2) is 4.63 Å². The highest BCUT2D eigenvalue weighted by Crippen LogP contribution is 2.01. The molecule has 1 aromatic rings. The summed E-state index contributed by atoms with van der Waals surface area (Å²) in [5.41, 5.74) is 1.54. The fourth-order valence-corrected chi connectivity index (χ4v) is 0.549. The topological polar surface area (TPSA) is 38.9 Å². The molecule has 1 aromatic heterocycles. The van der Waals surface area contributed by atoms with E-state index in [0.29, 0.717) is 0 Å². The van der Waals surface area contributed by atoms with Crippen molar-refractivity contribution in [2.75, 3.05) is 0 Å². The van der Waals surface area contributed by atoms with Gasteiger partial charge in [0.1, 0.15) is 11.4 Å². The minimum Gasteiger partial charge on any atom is -0.244 e. The van der Waals surface area contributed by atoms with E-state index in [0.717, 1.165) is 11.4 Å². The van der Waals surface area contributed by atoms with Crippen molar-refractivity contribution in [3.63, 3.8) is 0 Å². The van der Waals surface area contributed by atoms with Crippen LogP contribution >= 0.6 is 0 Å². The van der Waals surface area contributed by atoms with Crippen LogP contribution in [-0.2, 0) is 0 Å². The first-order valence-electron chi connectivity index (χ1n) is 3.93. The zero-order valence-electron chi connectivity index (χ0n) is 7.74. The molecule has 0 saturated carbocycles. The lowest BCUT2D eigenvalue weighted by Gasteiger charge is -1.78. The third-order valence-electron chi connectivity index (χ3n) is 1.08. The van der Waals surface area contributed by atoms with E-state index in [4.69, 9.17) is 0 Å².